The SMILES string of the molecule is O=C(c1oc(C2(O)CC2)nc1C(F)F)N1CCc2[nH]cnc2[C@@H]1c1cc2ccccn2n1. The maximum atomic E-state index is 13.7. The lowest BCUT2D eigenvalue weighted by molar-refractivity contribution is 0.0624. The van der Waals surface area contributed by atoms with Crippen molar-refractivity contribution in [3.63, 3.8) is 0 Å². The van der Waals surface area contributed by atoms with E-state index in [0.717, 1.165) is 11.2 Å². The summed E-state index contributed by atoms with van der Waals surface area (Å²) in [5.41, 5.74) is 0.704. The number of pyridine rings is 1. The molecule has 2 N–H and O–H groups in total. The summed E-state index contributed by atoms with van der Waals surface area (Å²) < 4.78 is 34.6. The van der Waals surface area contributed by atoms with Crippen molar-refractivity contribution in [2.24, 2.45) is 0 Å². The average molecular weight is 440 g/mol. The number of rotatable bonds is 4. The van der Waals surface area contributed by atoms with Crippen molar-refractivity contribution >= 4 is 11.4 Å². The quantitative estimate of drug-likeness (QED) is 0.505. The van der Waals surface area contributed by atoms with Crippen molar-refractivity contribution < 1.29 is 23.1 Å². The number of amides is 1. The summed E-state index contributed by atoms with van der Waals surface area (Å²) in [5.74, 6) is -1.53. The van der Waals surface area contributed by atoms with Gasteiger partial charge in [0, 0.05) is 24.9 Å². The predicted octanol–water partition coefficient (Wildman–Crippen LogP) is 2.75. The number of aromatic nitrogens is 5. The van der Waals surface area contributed by atoms with E-state index >= 15 is 0 Å². The third-order valence-corrected chi connectivity index (χ3v) is 6.03. The van der Waals surface area contributed by atoms with E-state index in [0.29, 0.717) is 30.7 Å². The van der Waals surface area contributed by atoms with Crippen LogP contribution in [-0.4, -0.2) is 47.0 Å². The van der Waals surface area contributed by atoms with Gasteiger partial charge in [-0.2, -0.15) is 5.10 Å². The van der Waals surface area contributed by atoms with Crippen LogP contribution in [0.5, 0.6) is 0 Å². The van der Waals surface area contributed by atoms with Crippen LogP contribution < -0.4 is 0 Å². The summed E-state index contributed by atoms with van der Waals surface area (Å²) in [5, 5.41) is 14.9. The zero-order valence-corrected chi connectivity index (χ0v) is 16.7. The van der Waals surface area contributed by atoms with E-state index in [4.69, 9.17) is 4.42 Å². The van der Waals surface area contributed by atoms with Gasteiger partial charge in [-0.1, -0.05) is 6.07 Å². The Balaban J connectivity index is 1.45. The predicted molar refractivity (Wildman–Crippen MR) is 105 cm³/mol. The number of nitrogens with zero attached hydrogens (tertiary/aromatic N) is 5. The van der Waals surface area contributed by atoms with E-state index in [-0.39, 0.29) is 12.4 Å². The zero-order valence-electron chi connectivity index (χ0n) is 16.7. The lowest BCUT2D eigenvalue weighted by Gasteiger charge is -2.33. The van der Waals surface area contributed by atoms with Crippen LogP contribution in [0.25, 0.3) is 5.52 Å². The van der Waals surface area contributed by atoms with Crippen LogP contribution in [0.4, 0.5) is 8.78 Å². The van der Waals surface area contributed by atoms with Crippen LogP contribution in [0.1, 0.15) is 64.5 Å². The summed E-state index contributed by atoms with van der Waals surface area (Å²) >= 11 is 0. The highest BCUT2D eigenvalue weighted by atomic mass is 19.3. The fraction of sp³-hybridized carbons (Fsp3) is 0.333. The number of hydrogen-bond donors (Lipinski definition) is 2. The van der Waals surface area contributed by atoms with Gasteiger partial charge in [0.05, 0.1) is 23.2 Å². The molecule has 9 nitrogen and oxygen atoms in total. The molecule has 0 bridgehead atoms. The summed E-state index contributed by atoms with van der Waals surface area (Å²) in [7, 11) is 0. The van der Waals surface area contributed by atoms with Gasteiger partial charge in [-0.15, -0.1) is 0 Å². The Hall–Kier alpha value is -3.60. The lowest BCUT2D eigenvalue weighted by atomic mass is 9.99. The number of aliphatic hydroxyl groups is 1. The molecule has 1 amide bonds. The van der Waals surface area contributed by atoms with Crippen molar-refractivity contribution in [1.29, 1.82) is 0 Å². The fourth-order valence-corrected chi connectivity index (χ4v) is 4.18. The Morgan fingerprint density at radius 2 is 2.19 bits per heavy atom. The largest absolute Gasteiger partial charge is 0.432 e. The monoisotopic (exact) mass is 440 g/mol. The highest BCUT2D eigenvalue weighted by Gasteiger charge is 2.49. The molecule has 5 heterocycles. The van der Waals surface area contributed by atoms with E-state index in [1.165, 1.54) is 4.90 Å². The molecule has 32 heavy (non-hydrogen) atoms. The molecule has 11 heteroatoms. The lowest BCUT2D eigenvalue weighted by Crippen LogP contribution is -2.41. The smallest absolute Gasteiger partial charge is 0.292 e. The molecule has 1 saturated carbocycles. The van der Waals surface area contributed by atoms with Crippen molar-refractivity contribution in [2.75, 3.05) is 6.54 Å². The minimum Gasteiger partial charge on any atom is -0.432 e. The molecule has 4 aromatic rings. The van der Waals surface area contributed by atoms with Gasteiger partial charge in [-0.05, 0) is 31.0 Å². The fourth-order valence-electron chi connectivity index (χ4n) is 4.18. The van der Waals surface area contributed by atoms with Gasteiger partial charge in [0.1, 0.15) is 11.6 Å². The molecular formula is C21H18F2N6O3. The number of fused-ring (bicyclic) bond motifs is 2. The molecule has 1 aliphatic carbocycles. The number of nitrogens with one attached hydrogen (secondary N) is 1. The second kappa shape index (κ2) is 6.70. The zero-order chi connectivity index (χ0) is 22.0. The molecule has 0 spiro atoms. The Labute approximate surface area is 179 Å². The van der Waals surface area contributed by atoms with Crippen molar-refractivity contribution in [3.05, 3.63) is 71.2 Å². The number of H-pyrrole nitrogens is 1. The topological polar surface area (TPSA) is 113 Å². The van der Waals surface area contributed by atoms with Crippen LogP contribution in [0, 0.1) is 0 Å². The number of alkyl halides is 2. The van der Waals surface area contributed by atoms with Gasteiger partial charge in [-0.3, -0.25) is 4.79 Å². The minimum absolute atomic E-state index is 0.238. The molecule has 164 valence electrons. The number of carbonyl (C=O) groups is 1. The first-order chi connectivity index (χ1) is 15.4. The summed E-state index contributed by atoms with van der Waals surface area (Å²) in [6, 6.07) is 6.73. The van der Waals surface area contributed by atoms with Crippen LogP contribution >= 0.6 is 0 Å². The van der Waals surface area contributed by atoms with Gasteiger partial charge in [0.15, 0.2) is 5.69 Å². The van der Waals surface area contributed by atoms with Crippen LogP contribution in [-0.2, 0) is 12.0 Å². The Morgan fingerprint density at radius 1 is 1.34 bits per heavy atom. The second-order valence-electron chi connectivity index (χ2n) is 8.12. The summed E-state index contributed by atoms with van der Waals surface area (Å²) in [6.45, 7) is 0.246. The molecule has 0 radical (unpaired) electrons. The average Bonchev–Trinajstić information content (AvgIpc) is 3.23. The maximum absolute atomic E-state index is 13.7. The van der Waals surface area contributed by atoms with E-state index in [1.54, 1.807) is 17.0 Å². The van der Waals surface area contributed by atoms with Crippen molar-refractivity contribution in [2.45, 2.75) is 37.3 Å². The first-order valence-corrected chi connectivity index (χ1v) is 10.2. The molecule has 1 fully saturated rings. The molecule has 0 saturated heterocycles. The normalized spacial score (nSPS) is 19.5. The van der Waals surface area contributed by atoms with E-state index < -0.39 is 35.4 Å². The van der Waals surface area contributed by atoms with Gasteiger partial charge < -0.3 is 19.4 Å². The van der Waals surface area contributed by atoms with E-state index in [2.05, 4.69) is 20.1 Å². The first-order valence-electron chi connectivity index (χ1n) is 10.2. The molecule has 1 atom stereocenters. The van der Waals surface area contributed by atoms with Crippen LogP contribution in [0.15, 0.2) is 41.2 Å². The molecule has 0 unspecified atom stereocenters. The third kappa shape index (κ3) is 2.84. The van der Waals surface area contributed by atoms with E-state index in [9.17, 15) is 18.7 Å². The summed E-state index contributed by atoms with van der Waals surface area (Å²) in [4.78, 5) is 26.2. The highest BCUT2D eigenvalue weighted by Crippen LogP contribution is 2.46. The van der Waals surface area contributed by atoms with Crippen molar-refractivity contribution in [3.8, 4) is 0 Å². The second-order valence-corrected chi connectivity index (χ2v) is 8.12. The molecular weight excluding hydrogens is 422 g/mol. The number of imidazole rings is 1. The Bertz CT molecular complexity index is 1310. The maximum Gasteiger partial charge on any atom is 0.292 e. The van der Waals surface area contributed by atoms with Crippen LogP contribution in [0.3, 0.4) is 0 Å². The highest BCUT2D eigenvalue weighted by molar-refractivity contribution is 5.93. The molecule has 4 aromatic heterocycles. The molecule has 6 rings (SSSR count). The van der Waals surface area contributed by atoms with Gasteiger partial charge in [0.25, 0.3) is 12.3 Å². The summed E-state index contributed by atoms with van der Waals surface area (Å²) in [6.07, 6.45) is 1.49. The molecule has 0 aromatic carbocycles. The third-order valence-electron chi connectivity index (χ3n) is 6.03. The number of aromatic amines is 1. The number of hydrogen-bond acceptors (Lipinski definition) is 6. The first kappa shape index (κ1) is 19.1. The Morgan fingerprint density at radius 3 is 2.94 bits per heavy atom. The Kier molecular flexibility index (Phi) is 4.00. The number of carbonyl (C=O) groups excluding carboxylic acids is 1. The standard InChI is InChI=1S/C21H18F2N6O3/c22-18(23)15-17(32-20(26-15)21(31)5-6-21)19(30)28-8-4-12-14(25-10-24-12)16(28)13-9-11-3-1-2-7-29(11)27-13/h1-3,7,9-10,16,18,31H,4-6,8H2,(H,24,25)/t16-/m0/s1. The van der Waals surface area contributed by atoms with Crippen LogP contribution in [0.2, 0.25) is 0 Å². The number of oxazole rings is 1. The number of halogens is 2. The molecule has 2 aliphatic rings. The van der Waals surface area contributed by atoms with Gasteiger partial charge >= 0.3 is 0 Å². The van der Waals surface area contributed by atoms with E-state index in [1.807, 2.05) is 24.3 Å². The van der Waals surface area contributed by atoms with Gasteiger partial charge in [0.2, 0.25) is 11.7 Å². The minimum atomic E-state index is -3.02. The van der Waals surface area contributed by atoms with Gasteiger partial charge in [-0.25, -0.2) is 23.3 Å². The molecule has 1 aliphatic heterocycles. The van der Waals surface area contributed by atoms with Crippen molar-refractivity contribution in [1.82, 2.24) is 29.5 Å².